The lowest BCUT2D eigenvalue weighted by atomic mass is 10.5. The maximum absolute atomic E-state index is 12.0. The van der Waals surface area contributed by atoms with Crippen LogP contribution in [0, 0.1) is 0 Å². The molecule has 0 radical (unpaired) electrons. The summed E-state index contributed by atoms with van der Waals surface area (Å²) in [5, 5.41) is 18.0. The molecule has 20 heavy (non-hydrogen) atoms. The molecule has 0 bridgehead atoms. The summed E-state index contributed by atoms with van der Waals surface area (Å²) in [4.78, 5) is 12.1. The number of sulfonamides is 1. The van der Waals surface area contributed by atoms with Crippen molar-refractivity contribution >= 4 is 27.3 Å². The first-order chi connectivity index (χ1) is 9.42. The van der Waals surface area contributed by atoms with Crippen LogP contribution < -0.4 is 4.72 Å². The Bertz CT molecular complexity index is 719. The van der Waals surface area contributed by atoms with Gasteiger partial charge in [0.05, 0.1) is 29.9 Å². The van der Waals surface area contributed by atoms with Crippen molar-refractivity contribution in [3.8, 4) is 0 Å². The van der Waals surface area contributed by atoms with Gasteiger partial charge in [0.2, 0.25) is 10.0 Å². The van der Waals surface area contributed by atoms with Gasteiger partial charge >= 0.3 is 5.97 Å². The van der Waals surface area contributed by atoms with Crippen molar-refractivity contribution in [2.45, 2.75) is 24.9 Å². The van der Waals surface area contributed by atoms with Crippen LogP contribution in [0.1, 0.15) is 22.3 Å². The van der Waals surface area contributed by atoms with Crippen LogP contribution in [0.25, 0.3) is 0 Å². The van der Waals surface area contributed by atoms with Gasteiger partial charge < -0.3 is 5.11 Å². The van der Waals surface area contributed by atoms with E-state index in [1.807, 2.05) is 6.92 Å². The van der Waals surface area contributed by atoms with E-state index in [0.29, 0.717) is 12.2 Å². The van der Waals surface area contributed by atoms with E-state index < -0.39 is 16.0 Å². The molecule has 0 amide bonds. The van der Waals surface area contributed by atoms with Gasteiger partial charge in [0.15, 0.2) is 0 Å². The highest BCUT2D eigenvalue weighted by Gasteiger charge is 2.18. The Morgan fingerprint density at radius 1 is 1.55 bits per heavy atom. The first kappa shape index (κ1) is 14.6. The molecule has 0 atom stereocenters. The summed E-state index contributed by atoms with van der Waals surface area (Å²) >= 11 is 0.863. The Morgan fingerprint density at radius 3 is 2.85 bits per heavy atom. The molecule has 2 rings (SSSR count). The van der Waals surface area contributed by atoms with Gasteiger partial charge in [-0.15, -0.1) is 11.3 Å². The predicted molar refractivity (Wildman–Crippen MR) is 71.0 cm³/mol. The zero-order chi connectivity index (χ0) is 14.8. The summed E-state index contributed by atoms with van der Waals surface area (Å²) in [7, 11) is -3.75. The highest BCUT2D eigenvalue weighted by Crippen LogP contribution is 2.19. The third-order valence-corrected chi connectivity index (χ3v) is 4.85. The van der Waals surface area contributed by atoms with Gasteiger partial charge in [-0.2, -0.15) is 15.0 Å². The monoisotopic (exact) mass is 316 g/mol. The van der Waals surface area contributed by atoms with Crippen molar-refractivity contribution in [2.24, 2.45) is 0 Å². The number of aromatic nitrogens is 3. The fraction of sp³-hybridized carbons (Fsp3) is 0.300. The Morgan fingerprint density at radius 2 is 2.30 bits per heavy atom. The smallest absolute Gasteiger partial charge is 0.345 e. The molecule has 0 aliphatic carbocycles. The molecule has 0 aliphatic heterocycles. The normalized spacial score (nSPS) is 11.7. The molecule has 0 spiro atoms. The standard InChI is InChI=1S/C10H12N4O4S2/c1-2-14-11-4-7(13-14)5-12-20(17,18)8-3-9(10(15)16)19-6-8/h3-4,6,12H,2,5H2,1H3,(H,15,16). The van der Waals surface area contributed by atoms with Gasteiger partial charge in [-0.1, -0.05) is 0 Å². The average molecular weight is 316 g/mol. The zero-order valence-corrected chi connectivity index (χ0v) is 12.1. The second kappa shape index (κ2) is 5.69. The van der Waals surface area contributed by atoms with Crippen molar-refractivity contribution in [3.63, 3.8) is 0 Å². The summed E-state index contributed by atoms with van der Waals surface area (Å²) in [6.07, 6.45) is 1.47. The quantitative estimate of drug-likeness (QED) is 0.803. The molecule has 10 heteroatoms. The molecule has 0 unspecified atom stereocenters. The second-order valence-electron chi connectivity index (χ2n) is 3.80. The molecule has 2 heterocycles. The van der Waals surface area contributed by atoms with E-state index in [2.05, 4.69) is 14.9 Å². The van der Waals surface area contributed by atoms with Crippen molar-refractivity contribution in [1.82, 2.24) is 19.7 Å². The highest BCUT2D eigenvalue weighted by molar-refractivity contribution is 7.89. The third-order valence-electron chi connectivity index (χ3n) is 2.41. The fourth-order valence-electron chi connectivity index (χ4n) is 1.39. The molecule has 2 aromatic rings. The number of carboxylic acid groups (broad SMARTS) is 1. The first-order valence-corrected chi connectivity index (χ1v) is 7.99. The Balaban J connectivity index is 2.08. The van der Waals surface area contributed by atoms with Gasteiger partial charge in [-0.05, 0) is 13.0 Å². The molecule has 0 fully saturated rings. The first-order valence-electron chi connectivity index (χ1n) is 5.63. The lowest BCUT2D eigenvalue weighted by molar-refractivity contribution is 0.0702. The van der Waals surface area contributed by atoms with E-state index in [1.54, 1.807) is 0 Å². The van der Waals surface area contributed by atoms with Crippen LogP contribution >= 0.6 is 11.3 Å². The van der Waals surface area contributed by atoms with Gasteiger partial charge in [-0.25, -0.2) is 17.9 Å². The number of carbonyl (C=O) groups is 1. The van der Waals surface area contributed by atoms with E-state index in [4.69, 9.17) is 5.11 Å². The molecule has 0 aliphatic rings. The molecule has 8 nitrogen and oxygen atoms in total. The molecule has 108 valence electrons. The summed E-state index contributed by atoms with van der Waals surface area (Å²) in [6.45, 7) is 2.46. The van der Waals surface area contributed by atoms with Crippen LogP contribution in [-0.4, -0.2) is 34.5 Å². The number of hydrogen-bond acceptors (Lipinski definition) is 6. The summed E-state index contributed by atoms with van der Waals surface area (Å²) < 4.78 is 26.3. The van der Waals surface area contributed by atoms with Crippen LogP contribution in [0.3, 0.4) is 0 Å². The van der Waals surface area contributed by atoms with E-state index in [9.17, 15) is 13.2 Å². The Hall–Kier alpha value is -1.78. The van der Waals surface area contributed by atoms with Crippen molar-refractivity contribution in [2.75, 3.05) is 0 Å². The second-order valence-corrected chi connectivity index (χ2v) is 6.48. The van der Waals surface area contributed by atoms with E-state index in [1.165, 1.54) is 16.4 Å². The number of nitrogens with one attached hydrogen (secondary N) is 1. The minimum Gasteiger partial charge on any atom is -0.477 e. The van der Waals surface area contributed by atoms with Crippen molar-refractivity contribution in [1.29, 1.82) is 0 Å². The number of rotatable bonds is 6. The van der Waals surface area contributed by atoms with Crippen LogP contribution in [0.2, 0.25) is 0 Å². The number of aromatic carboxylic acids is 1. The number of aryl methyl sites for hydroxylation is 1. The Labute approximate surface area is 119 Å². The van der Waals surface area contributed by atoms with Crippen LogP contribution in [0.5, 0.6) is 0 Å². The van der Waals surface area contributed by atoms with Crippen molar-refractivity contribution < 1.29 is 18.3 Å². The number of carboxylic acids is 1. The fourth-order valence-corrected chi connectivity index (χ4v) is 3.50. The maximum atomic E-state index is 12.0. The van der Waals surface area contributed by atoms with Crippen molar-refractivity contribution in [3.05, 3.63) is 28.2 Å². The van der Waals surface area contributed by atoms with E-state index in [-0.39, 0.29) is 16.3 Å². The summed E-state index contributed by atoms with van der Waals surface area (Å²) in [5.74, 6) is -1.15. The van der Waals surface area contributed by atoms with E-state index >= 15 is 0 Å². The number of hydrogen-bond donors (Lipinski definition) is 2. The predicted octanol–water partition coefficient (Wildman–Crippen LogP) is 0.536. The average Bonchev–Trinajstić information content (AvgIpc) is 3.05. The Kier molecular flexibility index (Phi) is 4.16. The van der Waals surface area contributed by atoms with Crippen LogP contribution in [-0.2, 0) is 23.1 Å². The lowest BCUT2D eigenvalue weighted by Crippen LogP contribution is -2.23. The highest BCUT2D eigenvalue weighted by atomic mass is 32.2. The SMILES string of the molecule is CCn1ncc(CNS(=O)(=O)c2csc(C(=O)O)c2)n1. The number of nitrogens with zero attached hydrogens (tertiary/aromatic N) is 3. The lowest BCUT2D eigenvalue weighted by Gasteiger charge is -2.02. The minimum atomic E-state index is -3.75. The molecule has 0 saturated carbocycles. The number of thiophene rings is 1. The van der Waals surface area contributed by atoms with Gasteiger partial charge in [0.1, 0.15) is 4.88 Å². The van der Waals surface area contributed by atoms with Crippen LogP contribution in [0.4, 0.5) is 0 Å². The summed E-state index contributed by atoms with van der Waals surface area (Å²) in [5.41, 5.74) is 0.490. The van der Waals surface area contributed by atoms with Crippen LogP contribution in [0.15, 0.2) is 22.5 Å². The molecule has 2 aromatic heterocycles. The molecule has 0 saturated heterocycles. The van der Waals surface area contributed by atoms with Gasteiger partial charge in [0.25, 0.3) is 0 Å². The minimum absolute atomic E-state index is 0.000580. The molecular weight excluding hydrogens is 304 g/mol. The molecule has 2 N–H and O–H groups in total. The molecular formula is C10H12N4O4S2. The largest absolute Gasteiger partial charge is 0.477 e. The third kappa shape index (κ3) is 3.21. The van der Waals surface area contributed by atoms with E-state index in [0.717, 1.165) is 17.4 Å². The molecule has 0 aromatic carbocycles. The van der Waals surface area contributed by atoms with Gasteiger partial charge in [0, 0.05) is 5.38 Å². The van der Waals surface area contributed by atoms with Gasteiger partial charge in [-0.3, -0.25) is 0 Å². The maximum Gasteiger partial charge on any atom is 0.345 e. The summed E-state index contributed by atoms with van der Waals surface area (Å²) in [6, 6.07) is 1.12. The topological polar surface area (TPSA) is 114 Å². The zero-order valence-electron chi connectivity index (χ0n) is 10.5.